The van der Waals surface area contributed by atoms with E-state index in [4.69, 9.17) is 0 Å². The maximum Gasteiger partial charge on any atom is 0.242 e. The van der Waals surface area contributed by atoms with Gasteiger partial charge in [0.15, 0.2) is 0 Å². The number of hydrogen-bond acceptors (Lipinski definition) is 4. The minimum atomic E-state index is -3.14. The van der Waals surface area contributed by atoms with Gasteiger partial charge in [-0.1, -0.05) is 29.8 Å². The van der Waals surface area contributed by atoms with Gasteiger partial charge in [-0.2, -0.15) is 0 Å². The van der Waals surface area contributed by atoms with Gasteiger partial charge in [-0.25, -0.2) is 12.7 Å². The number of sulfonamides is 1. The van der Waals surface area contributed by atoms with E-state index >= 15 is 0 Å². The number of rotatable bonds is 5. The van der Waals surface area contributed by atoms with E-state index in [1.807, 2.05) is 50.2 Å². The van der Waals surface area contributed by atoms with Gasteiger partial charge in [-0.15, -0.1) is 0 Å². The number of hydrogen-bond donors (Lipinski definition) is 1. The number of carbonyl (C=O) groups excluding carboxylic acids is 1. The maximum absolute atomic E-state index is 12.8. The van der Waals surface area contributed by atoms with Gasteiger partial charge >= 0.3 is 0 Å². The number of piperidine rings is 1. The molecule has 1 aliphatic heterocycles. The molecule has 1 atom stereocenters. The fraction of sp³-hybridized carbons (Fsp3) is 0.588. The summed E-state index contributed by atoms with van der Waals surface area (Å²) in [6.07, 6.45) is 2.52. The molecule has 0 radical (unpaired) electrons. The van der Waals surface area contributed by atoms with E-state index < -0.39 is 10.0 Å². The Morgan fingerprint density at radius 2 is 1.92 bits per heavy atom. The molecule has 2 rings (SSSR count). The van der Waals surface area contributed by atoms with Gasteiger partial charge in [0, 0.05) is 19.1 Å². The average molecular weight is 353 g/mol. The van der Waals surface area contributed by atoms with Crippen LogP contribution >= 0.6 is 0 Å². The summed E-state index contributed by atoms with van der Waals surface area (Å²) in [5.74, 6) is -0.0385. The lowest BCUT2D eigenvalue weighted by Gasteiger charge is -2.32. The number of likely N-dealkylation sites (N-methyl/N-ethyl adjacent to an activating group) is 1. The highest BCUT2D eigenvalue weighted by Crippen LogP contribution is 2.21. The molecule has 0 bridgehead atoms. The molecule has 0 aromatic heterocycles. The molecule has 6 nitrogen and oxygen atoms in total. The summed E-state index contributed by atoms with van der Waals surface area (Å²) in [4.78, 5) is 14.7. The zero-order valence-electron chi connectivity index (χ0n) is 14.8. The third-order valence-electron chi connectivity index (χ3n) is 4.39. The minimum absolute atomic E-state index is 0.0164. The van der Waals surface area contributed by atoms with Crippen LogP contribution in [0, 0.1) is 6.92 Å². The predicted octanol–water partition coefficient (Wildman–Crippen LogP) is 1.14. The minimum Gasteiger partial charge on any atom is -0.352 e. The van der Waals surface area contributed by atoms with E-state index in [0.717, 1.165) is 11.1 Å². The Kier molecular flexibility index (Phi) is 6.01. The third-order valence-corrected chi connectivity index (χ3v) is 5.70. The molecule has 0 saturated carbocycles. The van der Waals surface area contributed by atoms with Gasteiger partial charge in [-0.05, 0) is 39.4 Å². The Bertz CT molecular complexity index is 680. The fourth-order valence-electron chi connectivity index (χ4n) is 3.14. The SMILES string of the molecule is Cc1cccc(C(C(=O)NC2CCN(S(C)(=O)=O)CC2)N(C)C)c1. The lowest BCUT2D eigenvalue weighted by molar-refractivity contribution is -0.126. The summed E-state index contributed by atoms with van der Waals surface area (Å²) in [6, 6.07) is 7.62. The first-order valence-electron chi connectivity index (χ1n) is 8.17. The van der Waals surface area contributed by atoms with Crippen LogP contribution in [0.15, 0.2) is 24.3 Å². The second-order valence-corrected chi connectivity index (χ2v) is 8.71. The van der Waals surface area contributed by atoms with E-state index in [2.05, 4.69) is 5.32 Å². The second-order valence-electron chi connectivity index (χ2n) is 6.73. The predicted molar refractivity (Wildman–Crippen MR) is 95.2 cm³/mol. The smallest absolute Gasteiger partial charge is 0.242 e. The van der Waals surface area contributed by atoms with Crippen LogP contribution in [-0.2, 0) is 14.8 Å². The monoisotopic (exact) mass is 353 g/mol. The van der Waals surface area contributed by atoms with Crippen molar-refractivity contribution in [3.05, 3.63) is 35.4 Å². The molecule has 1 aliphatic rings. The largest absolute Gasteiger partial charge is 0.352 e. The summed E-state index contributed by atoms with van der Waals surface area (Å²) in [7, 11) is 0.633. The summed E-state index contributed by atoms with van der Waals surface area (Å²) in [5.41, 5.74) is 2.08. The van der Waals surface area contributed by atoms with Crippen molar-refractivity contribution in [2.75, 3.05) is 33.4 Å². The number of carbonyl (C=O) groups is 1. The van der Waals surface area contributed by atoms with Crippen molar-refractivity contribution < 1.29 is 13.2 Å². The molecule has 1 fully saturated rings. The van der Waals surface area contributed by atoms with Crippen LogP contribution in [0.2, 0.25) is 0 Å². The van der Waals surface area contributed by atoms with Crippen LogP contribution in [0.5, 0.6) is 0 Å². The quantitative estimate of drug-likeness (QED) is 0.862. The zero-order valence-corrected chi connectivity index (χ0v) is 15.6. The molecule has 1 N–H and O–H groups in total. The van der Waals surface area contributed by atoms with Crippen molar-refractivity contribution in [1.82, 2.24) is 14.5 Å². The number of amides is 1. The molecule has 0 aliphatic carbocycles. The lowest BCUT2D eigenvalue weighted by Crippen LogP contribution is -2.48. The summed E-state index contributed by atoms with van der Waals surface area (Å²) in [6.45, 7) is 2.93. The lowest BCUT2D eigenvalue weighted by atomic mass is 10.0. The Balaban J connectivity index is 2.02. The number of nitrogens with zero attached hydrogens (tertiary/aromatic N) is 2. The highest BCUT2D eigenvalue weighted by Gasteiger charge is 2.29. The van der Waals surface area contributed by atoms with Crippen LogP contribution < -0.4 is 5.32 Å². The van der Waals surface area contributed by atoms with Crippen LogP contribution in [0.1, 0.15) is 30.0 Å². The van der Waals surface area contributed by atoms with Crippen LogP contribution in [0.4, 0.5) is 0 Å². The Labute approximate surface area is 144 Å². The van der Waals surface area contributed by atoms with Gasteiger partial charge in [0.25, 0.3) is 0 Å². The van der Waals surface area contributed by atoms with Gasteiger partial charge in [0.05, 0.1) is 6.26 Å². The Morgan fingerprint density at radius 1 is 1.29 bits per heavy atom. The topological polar surface area (TPSA) is 69.7 Å². The fourth-order valence-corrected chi connectivity index (χ4v) is 4.01. The normalized spacial score (nSPS) is 18.5. The molecule has 7 heteroatoms. The van der Waals surface area contributed by atoms with E-state index in [1.54, 1.807) is 0 Å². The highest BCUT2D eigenvalue weighted by molar-refractivity contribution is 7.88. The van der Waals surface area contributed by atoms with Gasteiger partial charge in [0.1, 0.15) is 6.04 Å². The van der Waals surface area contributed by atoms with Crippen LogP contribution in [0.3, 0.4) is 0 Å². The molecular weight excluding hydrogens is 326 g/mol. The zero-order chi connectivity index (χ0) is 17.9. The molecular formula is C17H27N3O3S. The molecule has 1 aromatic carbocycles. The van der Waals surface area contributed by atoms with Crippen LogP contribution in [-0.4, -0.2) is 63.0 Å². The van der Waals surface area contributed by atoms with Gasteiger partial charge in [-0.3, -0.25) is 9.69 Å². The first kappa shape index (κ1) is 18.9. The van der Waals surface area contributed by atoms with Gasteiger partial charge in [0.2, 0.25) is 15.9 Å². The van der Waals surface area contributed by atoms with Crippen molar-refractivity contribution in [1.29, 1.82) is 0 Å². The summed E-state index contributed by atoms with van der Waals surface area (Å²) >= 11 is 0. The van der Waals surface area contributed by atoms with Crippen molar-refractivity contribution in [2.24, 2.45) is 0 Å². The molecule has 1 amide bonds. The molecule has 24 heavy (non-hydrogen) atoms. The second kappa shape index (κ2) is 7.63. The van der Waals surface area contributed by atoms with E-state index in [1.165, 1.54) is 10.6 Å². The summed E-state index contributed by atoms with van der Waals surface area (Å²) < 4.78 is 24.6. The molecule has 1 unspecified atom stereocenters. The van der Waals surface area contributed by atoms with Crippen molar-refractivity contribution in [3.63, 3.8) is 0 Å². The summed E-state index contributed by atoms with van der Waals surface area (Å²) in [5, 5.41) is 3.09. The Morgan fingerprint density at radius 3 is 2.42 bits per heavy atom. The first-order chi connectivity index (χ1) is 11.2. The Hall–Kier alpha value is -1.44. The number of nitrogens with one attached hydrogen (secondary N) is 1. The van der Waals surface area contributed by atoms with E-state index in [0.29, 0.717) is 25.9 Å². The van der Waals surface area contributed by atoms with Crippen LogP contribution in [0.25, 0.3) is 0 Å². The maximum atomic E-state index is 12.8. The number of benzene rings is 1. The molecule has 1 heterocycles. The molecule has 1 aromatic rings. The van der Waals surface area contributed by atoms with Crippen molar-refractivity contribution in [3.8, 4) is 0 Å². The van der Waals surface area contributed by atoms with Gasteiger partial charge < -0.3 is 5.32 Å². The molecule has 134 valence electrons. The van der Waals surface area contributed by atoms with Crippen molar-refractivity contribution >= 4 is 15.9 Å². The standard InChI is InChI=1S/C17H27N3O3S/c1-13-6-5-7-14(12-13)16(19(2)3)17(21)18-15-8-10-20(11-9-15)24(4,22)23/h5-7,12,15-16H,8-11H2,1-4H3,(H,18,21). The molecule has 1 saturated heterocycles. The first-order valence-corrected chi connectivity index (χ1v) is 10.0. The molecule has 0 spiro atoms. The van der Waals surface area contributed by atoms with Crippen molar-refractivity contribution in [2.45, 2.75) is 31.8 Å². The highest BCUT2D eigenvalue weighted by atomic mass is 32.2. The van der Waals surface area contributed by atoms with E-state index in [-0.39, 0.29) is 18.0 Å². The number of aryl methyl sites for hydroxylation is 1. The average Bonchev–Trinajstić information content (AvgIpc) is 2.46. The van der Waals surface area contributed by atoms with E-state index in [9.17, 15) is 13.2 Å². The third kappa shape index (κ3) is 4.78.